The third kappa shape index (κ3) is 2.77. The lowest BCUT2D eigenvalue weighted by Crippen LogP contribution is -2.12. The molecule has 2 rings (SSSR count). The van der Waals surface area contributed by atoms with Crippen LogP contribution in [-0.4, -0.2) is 0 Å². The lowest BCUT2D eigenvalue weighted by atomic mass is 9.78. The molecule has 0 heterocycles. The Kier molecular flexibility index (Phi) is 4.10. The smallest absolute Gasteiger partial charge is 0.194 e. The molecule has 0 aliphatic heterocycles. The summed E-state index contributed by atoms with van der Waals surface area (Å²) in [5.41, 5.74) is 0.588. The van der Waals surface area contributed by atoms with E-state index < -0.39 is 17.5 Å². The minimum absolute atomic E-state index is 0.149. The molecule has 3 heteroatoms. The highest BCUT2D eigenvalue weighted by molar-refractivity contribution is 5.23. The van der Waals surface area contributed by atoms with E-state index in [1.807, 2.05) is 13.0 Å². The van der Waals surface area contributed by atoms with E-state index in [0.29, 0.717) is 11.5 Å². The fourth-order valence-corrected chi connectivity index (χ4v) is 2.73. The second-order valence-corrected chi connectivity index (χ2v) is 4.94. The summed E-state index contributed by atoms with van der Waals surface area (Å²) < 4.78 is 39.2. The molecule has 1 aromatic carbocycles. The summed E-state index contributed by atoms with van der Waals surface area (Å²) in [7, 11) is 0. The fraction of sp³-hybridized carbons (Fsp3) is 0.467. The molecule has 0 bridgehead atoms. The van der Waals surface area contributed by atoms with Crippen molar-refractivity contribution in [2.45, 2.75) is 38.5 Å². The third-order valence-corrected chi connectivity index (χ3v) is 3.71. The maximum atomic E-state index is 13.2. The number of hydrogen-bond donors (Lipinski definition) is 0. The Labute approximate surface area is 106 Å². The first-order valence-electron chi connectivity index (χ1n) is 6.39. The van der Waals surface area contributed by atoms with E-state index in [9.17, 15) is 13.2 Å². The van der Waals surface area contributed by atoms with Gasteiger partial charge in [0.2, 0.25) is 0 Å². The molecule has 0 amide bonds. The summed E-state index contributed by atoms with van der Waals surface area (Å²) in [5, 5.41) is 0. The number of benzene rings is 1. The van der Waals surface area contributed by atoms with Gasteiger partial charge in [0.25, 0.3) is 0 Å². The van der Waals surface area contributed by atoms with Gasteiger partial charge >= 0.3 is 0 Å². The Morgan fingerprint density at radius 3 is 2.06 bits per heavy atom. The van der Waals surface area contributed by atoms with Gasteiger partial charge in [-0.2, -0.15) is 0 Å². The van der Waals surface area contributed by atoms with Crippen molar-refractivity contribution in [1.29, 1.82) is 0 Å². The molecule has 0 spiro atoms. The van der Waals surface area contributed by atoms with Crippen LogP contribution in [0.2, 0.25) is 0 Å². The van der Waals surface area contributed by atoms with Crippen molar-refractivity contribution in [3.8, 4) is 0 Å². The van der Waals surface area contributed by atoms with E-state index in [1.165, 1.54) is 0 Å². The molecule has 0 nitrogen and oxygen atoms in total. The zero-order chi connectivity index (χ0) is 13.1. The molecule has 0 saturated heterocycles. The normalized spacial score (nSPS) is 24.7. The highest BCUT2D eigenvalue weighted by Crippen LogP contribution is 2.37. The Morgan fingerprint density at radius 2 is 1.56 bits per heavy atom. The highest BCUT2D eigenvalue weighted by Gasteiger charge is 2.23. The van der Waals surface area contributed by atoms with Crippen LogP contribution in [0.15, 0.2) is 24.3 Å². The lowest BCUT2D eigenvalue weighted by molar-refractivity contribution is 0.371. The first-order chi connectivity index (χ1) is 8.61. The van der Waals surface area contributed by atoms with Crippen LogP contribution in [0.5, 0.6) is 0 Å². The predicted molar refractivity (Wildman–Crippen MR) is 65.8 cm³/mol. The number of hydrogen-bond acceptors (Lipinski definition) is 0. The molecule has 1 fully saturated rings. The maximum Gasteiger partial charge on any atom is 0.194 e. The van der Waals surface area contributed by atoms with Crippen molar-refractivity contribution < 1.29 is 13.2 Å². The van der Waals surface area contributed by atoms with Gasteiger partial charge in [0, 0.05) is 0 Å². The molecule has 0 atom stereocenters. The zero-order valence-corrected chi connectivity index (χ0v) is 10.4. The van der Waals surface area contributed by atoms with Crippen LogP contribution >= 0.6 is 0 Å². The summed E-state index contributed by atoms with van der Waals surface area (Å²) in [6.07, 6.45) is 8.08. The van der Waals surface area contributed by atoms with Crippen molar-refractivity contribution in [2.24, 2.45) is 5.92 Å². The quantitative estimate of drug-likeness (QED) is 0.517. The standard InChI is InChI=1S/C15H17F3/c1-2-3-10-4-6-11(7-5-10)12-8-13(16)15(18)14(17)9-12/h2-3,8-11H,4-7H2,1H3/b3-2+. The van der Waals surface area contributed by atoms with Crippen molar-refractivity contribution >= 4 is 0 Å². The van der Waals surface area contributed by atoms with Gasteiger partial charge in [-0.25, -0.2) is 13.2 Å². The summed E-state index contributed by atoms with van der Waals surface area (Å²) in [6, 6.07) is 2.28. The SMILES string of the molecule is C/C=C/C1CCC(c2cc(F)c(F)c(F)c2)CC1. The Bertz CT molecular complexity index is 420. The molecule has 1 saturated carbocycles. The van der Waals surface area contributed by atoms with Gasteiger partial charge in [0.15, 0.2) is 17.5 Å². The third-order valence-electron chi connectivity index (χ3n) is 3.71. The first kappa shape index (κ1) is 13.2. The van der Waals surface area contributed by atoms with Crippen molar-refractivity contribution in [2.75, 3.05) is 0 Å². The van der Waals surface area contributed by atoms with E-state index in [1.54, 1.807) is 0 Å². The average molecular weight is 254 g/mol. The second kappa shape index (κ2) is 5.59. The van der Waals surface area contributed by atoms with E-state index >= 15 is 0 Å². The van der Waals surface area contributed by atoms with Gasteiger partial charge in [0.05, 0.1) is 0 Å². The predicted octanol–water partition coefficient (Wildman–Crippen LogP) is 4.95. The van der Waals surface area contributed by atoms with Gasteiger partial charge in [-0.05, 0) is 62.1 Å². The molecule has 0 unspecified atom stereocenters. The molecule has 1 aromatic rings. The van der Waals surface area contributed by atoms with Gasteiger partial charge in [-0.3, -0.25) is 0 Å². The minimum atomic E-state index is -1.37. The molecule has 18 heavy (non-hydrogen) atoms. The van der Waals surface area contributed by atoms with Crippen molar-refractivity contribution in [3.63, 3.8) is 0 Å². The Hall–Kier alpha value is -1.25. The first-order valence-corrected chi connectivity index (χ1v) is 6.39. The van der Waals surface area contributed by atoms with E-state index in [0.717, 1.165) is 37.8 Å². The van der Waals surface area contributed by atoms with E-state index in [4.69, 9.17) is 0 Å². The largest absolute Gasteiger partial charge is 0.204 e. The van der Waals surface area contributed by atoms with Crippen LogP contribution in [-0.2, 0) is 0 Å². The lowest BCUT2D eigenvalue weighted by Gasteiger charge is -2.27. The van der Waals surface area contributed by atoms with Crippen molar-refractivity contribution in [3.05, 3.63) is 47.3 Å². The highest BCUT2D eigenvalue weighted by atomic mass is 19.2. The molecule has 98 valence electrons. The van der Waals surface area contributed by atoms with E-state index in [-0.39, 0.29) is 5.92 Å². The number of rotatable bonds is 2. The summed E-state index contributed by atoms with van der Waals surface area (Å²) >= 11 is 0. The molecule has 1 aliphatic carbocycles. The van der Waals surface area contributed by atoms with Gasteiger partial charge in [-0.1, -0.05) is 12.2 Å². The summed E-state index contributed by atoms with van der Waals surface area (Å²) in [5.74, 6) is -2.82. The molecular weight excluding hydrogens is 237 g/mol. The molecular formula is C15H17F3. The molecule has 0 N–H and O–H groups in total. The van der Waals surface area contributed by atoms with Crippen LogP contribution in [0.1, 0.15) is 44.1 Å². The van der Waals surface area contributed by atoms with Gasteiger partial charge in [-0.15, -0.1) is 0 Å². The van der Waals surface area contributed by atoms with Gasteiger partial charge < -0.3 is 0 Å². The minimum Gasteiger partial charge on any atom is -0.204 e. The topological polar surface area (TPSA) is 0 Å². The maximum absolute atomic E-state index is 13.2. The second-order valence-electron chi connectivity index (χ2n) is 4.94. The van der Waals surface area contributed by atoms with Crippen LogP contribution < -0.4 is 0 Å². The van der Waals surface area contributed by atoms with E-state index in [2.05, 4.69) is 6.08 Å². The summed E-state index contributed by atoms with van der Waals surface area (Å²) in [4.78, 5) is 0. The number of halogens is 3. The van der Waals surface area contributed by atoms with Gasteiger partial charge in [0.1, 0.15) is 0 Å². The summed E-state index contributed by atoms with van der Waals surface area (Å²) in [6.45, 7) is 2.00. The van der Waals surface area contributed by atoms with Crippen LogP contribution in [0.25, 0.3) is 0 Å². The Morgan fingerprint density at radius 1 is 1.00 bits per heavy atom. The zero-order valence-electron chi connectivity index (χ0n) is 10.4. The molecule has 0 aromatic heterocycles. The van der Waals surface area contributed by atoms with Crippen LogP contribution in [0.3, 0.4) is 0 Å². The fourth-order valence-electron chi connectivity index (χ4n) is 2.73. The Balaban J connectivity index is 2.10. The number of allylic oxidation sites excluding steroid dienone is 2. The van der Waals surface area contributed by atoms with Crippen LogP contribution in [0.4, 0.5) is 13.2 Å². The monoisotopic (exact) mass is 254 g/mol. The molecule has 1 aliphatic rings. The molecule has 0 radical (unpaired) electrons. The van der Waals surface area contributed by atoms with Crippen molar-refractivity contribution in [1.82, 2.24) is 0 Å². The average Bonchev–Trinajstić information content (AvgIpc) is 2.37. The van der Waals surface area contributed by atoms with Crippen LogP contribution in [0, 0.1) is 23.4 Å².